The fourth-order valence-corrected chi connectivity index (χ4v) is 10.2. The number of hydrogen-bond acceptors (Lipinski definition) is 2. The number of allylic oxidation sites excluding steroid dienone is 4. The molecule has 0 N–H and O–H groups in total. The number of furan rings is 1. The molecular formula is C54H38N2O. The van der Waals surface area contributed by atoms with Crippen molar-refractivity contribution in [2.45, 2.75) is 24.9 Å². The highest BCUT2D eigenvalue weighted by atomic mass is 16.3. The second kappa shape index (κ2) is 11.7. The average Bonchev–Trinajstić information content (AvgIpc) is 3.79. The first kappa shape index (κ1) is 32.2. The van der Waals surface area contributed by atoms with E-state index in [-0.39, 0.29) is 11.1 Å². The molecule has 0 amide bonds. The number of rotatable bonds is 5. The summed E-state index contributed by atoms with van der Waals surface area (Å²) in [5, 5.41) is 4.75. The van der Waals surface area contributed by atoms with Crippen molar-refractivity contribution in [2.75, 3.05) is 4.90 Å². The third-order valence-electron chi connectivity index (χ3n) is 12.9. The molecule has 0 saturated carbocycles. The number of benzene rings is 7. The molecule has 1 aliphatic heterocycles. The van der Waals surface area contributed by atoms with Crippen LogP contribution in [0.4, 0.5) is 5.69 Å². The van der Waals surface area contributed by atoms with E-state index in [0.717, 1.165) is 27.6 Å². The van der Waals surface area contributed by atoms with E-state index >= 15 is 0 Å². The lowest BCUT2D eigenvalue weighted by Gasteiger charge is -2.14. The summed E-state index contributed by atoms with van der Waals surface area (Å²) in [6.07, 6.45) is 12.1. The average molecular weight is 731 g/mol. The fraction of sp³-hybridized carbons (Fsp3) is 0.0741. The largest absolute Gasteiger partial charge is 0.456 e. The molecule has 1 saturated heterocycles. The monoisotopic (exact) mass is 730 g/mol. The first-order valence-corrected chi connectivity index (χ1v) is 19.8. The number of anilines is 1. The van der Waals surface area contributed by atoms with E-state index in [4.69, 9.17) is 4.42 Å². The topological polar surface area (TPSA) is 21.1 Å². The number of para-hydroxylation sites is 3. The second-order valence-corrected chi connectivity index (χ2v) is 15.8. The highest BCUT2D eigenvalue weighted by Crippen LogP contribution is 2.66. The number of aryl methyl sites for hydroxylation is 1. The van der Waals surface area contributed by atoms with E-state index in [1.54, 1.807) is 0 Å². The Balaban J connectivity index is 0.942. The number of fused-ring (bicyclic) bond motifs is 7. The fourth-order valence-electron chi connectivity index (χ4n) is 10.2. The molecule has 3 heterocycles. The Bertz CT molecular complexity index is 3280. The van der Waals surface area contributed by atoms with E-state index in [1.165, 1.54) is 72.0 Å². The Labute approximate surface area is 331 Å². The maximum atomic E-state index is 6.32. The molecule has 7 aromatic carbocycles. The zero-order valence-corrected chi connectivity index (χ0v) is 31.8. The summed E-state index contributed by atoms with van der Waals surface area (Å²) < 4.78 is 8.69. The van der Waals surface area contributed by atoms with Crippen LogP contribution < -0.4 is 4.90 Å². The summed E-state index contributed by atoms with van der Waals surface area (Å²) in [5.41, 5.74) is 16.2. The van der Waals surface area contributed by atoms with Gasteiger partial charge in [-0.15, -0.1) is 0 Å². The predicted octanol–water partition coefficient (Wildman–Crippen LogP) is 13.7. The van der Waals surface area contributed by atoms with Gasteiger partial charge in [0, 0.05) is 39.0 Å². The zero-order valence-electron chi connectivity index (χ0n) is 31.8. The number of nitrogens with zero attached hydrogens (tertiary/aromatic N) is 2. The molecule has 3 aliphatic rings. The number of hydrogen-bond donors (Lipinski definition) is 0. The van der Waals surface area contributed by atoms with Crippen molar-refractivity contribution in [1.29, 1.82) is 0 Å². The Morgan fingerprint density at radius 3 is 2.12 bits per heavy atom. The van der Waals surface area contributed by atoms with Crippen LogP contribution in [0.25, 0.3) is 71.7 Å². The third kappa shape index (κ3) is 4.43. The van der Waals surface area contributed by atoms with Gasteiger partial charge in [0.15, 0.2) is 0 Å². The van der Waals surface area contributed by atoms with Gasteiger partial charge in [-0.25, -0.2) is 0 Å². The van der Waals surface area contributed by atoms with Crippen LogP contribution in [0, 0.1) is 6.92 Å². The van der Waals surface area contributed by atoms with Gasteiger partial charge in [0.05, 0.1) is 11.0 Å². The van der Waals surface area contributed by atoms with Gasteiger partial charge in [-0.05, 0) is 119 Å². The molecule has 0 bridgehead atoms. The molecule has 2 aromatic heterocycles. The summed E-state index contributed by atoms with van der Waals surface area (Å²) in [6.45, 7) is 4.54. The lowest BCUT2D eigenvalue weighted by atomic mass is 9.87. The zero-order chi connectivity index (χ0) is 37.9. The molecule has 57 heavy (non-hydrogen) atoms. The van der Waals surface area contributed by atoms with Gasteiger partial charge in [-0.2, -0.15) is 0 Å². The minimum Gasteiger partial charge on any atom is -0.456 e. The Hall–Kier alpha value is -7.10. The van der Waals surface area contributed by atoms with Gasteiger partial charge in [0.2, 0.25) is 0 Å². The second-order valence-electron chi connectivity index (χ2n) is 15.8. The third-order valence-corrected chi connectivity index (χ3v) is 12.9. The van der Waals surface area contributed by atoms with Crippen molar-refractivity contribution in [3.63, 3.8) is 0 Å². The molecule has 2 atom stereocenters. The maximum absolute atomic E-state index is 6.32. The molecule has 3 heteroatoms. The van der Waals surface area contributed by atoms with Crippen molar-refractivity contribution in [2.24, 2.45) is 0 Å². The summed E-state index contributed by atoms with van der Waals surface area (Å²) in [4.78, 5) is 2.60. The highest BCUT2D eigenvalue weighted by molar-refractivity contribution is 6.11. The van der Waals surface area contributed by atoms with E-state index < -0.39 is 0 Å². The van der Waals surface area contributed by atoms with Gasteiger partial charge in [-0.1, -0.05) is 127 Å². The standard InChI is InChI=1S/C54H38N2O/c1-35-13-6-7-18-43(35)44-28-30-54(36(44)2)53(56(54)41-16-4-3-5-17-41)29-27-40(34-53)38-15-12-14-37(31-38)39-23-26-50-48(32-39)45-19-8-10-21-49(45)55(50)42-24-25-47-46-20-9-11-22-51(46)57-52(47)33-42/h3-34H,1-2H3/t53?,54-,56?/m0/s1. The van der Waals surface area contributed by atoms with E-state index in [9.17, 15) is 0 Å². The highest BCUT2D eigenvalue weighted by Gasteiger charge is 2.74. The van der Waals surface area contributed by atoms with Crippen LogP contribution >= 0.6 is 0 Å². The van der Waals surface area contributed by atoms with E-state index in [0.29, 0.717) is 0 Å². The first-order valence-electron chi connectivity index (χ1n) is 19.8. The van der Waals surface area contributed by atoms with E-state index in [1.807, 2.05) is 12.1 Å². The molecule has 2 spiro atoms. The van der Waals surface area contributed by atoms with E-state index in [2.05, 4.69) is 205 Å². The molecule has 270 valence electrons. The minimum atomic E-state index is -0.281. The smallest absolute Gasteiger partial charge is 0.137 e. The molecule has 1 unspecified atom stereocenters. The molecule has 12 rings (SSSR count). The molecule has 3 nitrogen and oxygen atoms in total. The van der Waals surface area contributed by atoms with Gasteiger partial charge in [0.1, 0.15) is 22.2 Å². The van der Waals surface area contributed by atoms with Crippen LogP contribution in [0.5, 0.6) is 0 Å². The molecule has 1 fully saturated rings. The summed E-state index contributed by atoms with van der Waals surface area (Å²) in [6, 6.07) is 59.2. The van der Waals surface area contributed by atoms with Crippen LogP contribution in [0.3, 0.4) is 0 Å². The van der Waals surface area contributed by atoms with Crippen molar-refractivity contribution in [3.05, 3.63) is 216 Å². The van der Waals surface area contributed by atoms with Crippen LogP contribution in [-0.4, -0.2) is 15.6 Å². The lowest BCUT2D eigenvalue weighted by Crippen LogP contribution is -2.19. The SMILES string of the molecule is CC1=C(c2ccccc2C)C=C[C@]12N(c1ccccc1)C21C=CC(c2cccc(-c3ccc4c(c3)c3ccccc3n4-c3ccc4c(c3)oc3ccccc34)c2)=C1. The molecular weight excluding hydrogens is 693 g/mol. The first-order chi connectivity index (χ1) is 28.0. The number of aromatic nitrogens is 1. The Kier molecular flexibility index (Phi) is 6.61. The molecule has 0 radical (unpaired) electrons. The maximum Gasteiger partial charge on any atom is 0.137 e. The van der Waals surface area contributed by atoms with Crippen molar-refractivity contribution < 1.29 is 4.42 Å². The lowest BCUT2D eigenvalue weighted by molar-refractivity contribution is 0.668. The normalized spacial score (nSPS) is 19.8. The van der Waals surface area contributed by atoms with Gasteiger partial charge in [-0.3, -0.25) is 0 Å². The van der Waals surface area contributed by atoms with Crippen molar-refractivity contribution in [1.82, 2.24) is 4.57 Å². The van der Waals surface area contributed by atoms with Crippen molar-refractivity contribution in [3.8, 4) is 16.8 Å². The van der Waals surface area contributed by atoms with Crippen LogP contribution in [-0.2, 0) is 0 Å². The van der Waals surface area contributed by atoms with Gasteiger partial charge >= 0.3 is 0 Å². The molecule has 2 aliphatic carbocycles. The Morgan fingerprint density at radius 2 is 1.23 bits per heavy atom. The summed E-state index contributed by atoms with van der Waals surface area (Å²) >= 11 is 0. The summed E-state index contributed by atoms with van der Waals surface area (Å²) in [5.74, 6) is 0. The van der Waals surface area contributed by atoms with Crippen LogP contribution in [0.2, 0.25) is 0 Å². The van der Waals surface area contributed by atoms with Crippen molar-refractivity contribution >= 4 is 60.6 Å². The quantitative estimate of drug-likeness (QED) is 0.164. The van der Waals surface area contributed by atoms with Gasteiger partial charge < -0.3 is 13.9 Å². The van der Waals surface area contributed by atoms with Gasteiger partial charge in [0.25, 0.3) is 0 Å². The molecule has 9 aromatic rings. The van der Waals surface area contributed by atoms with Crippen LogP contribution in [0.1, 0.15) is 23.6 Å². The minimum absolute atomic E-state index is 0.254. The summed E-state index contributed by atoms with van der Waals surface area (Å²) in [7, 11) is 0. The Morgan fingerprint density at radius 1 is 0.491 bits per heavy atom. The van der Waals surface area contributed by atoms with Crippen LogP contribution in [0.15, 0.2) is 204 Å². The predicted molar refractivity (Wildman–Crippen MR) is 238 cm³/mol.